The van der Waals surface area contributed by atoms with Crippen molar-refractivity contribution in [3.05, 3.63) is 97.1 Å². The summed E-state index contributed by atoms with van der Waals surface area (Å²) >= 11 is 0. The molecule has 0 aliphatic carbocycles. The normalized spacial score (nSPS) is 19.5. The van der Waals surface area contributed by atoms with Crippen molar-refractivity contribution in [2.75, 3.05) is 75.5 Å². The van der Waals surface area contributed by atoms with Gasteiger partial charge in [-0.1, -0.05) is 12.1 Å². The largest absolute Gasteiger partial charge is 0.490 e. The minimum Gasteiger partial charge on any atom is -0.490 e. The fourth-order valence-corrected chi connectivity index (χ4v) is 8.98. The maximum Gasteiger partial charge on any atom is 0.410 e. The fourth-order valence-electron chi connectivity index (χ4n) is 8.98. The number of hydrogen-bond acceptors (Lipinski definition) is 13. The van der Waals surface area contributed by atoms with E-state index in [0.717, 1.165) is 125 Å². The number of pyridine rings is 4. The predicted molar refractivity (Wildman–Crippen MR) is 253 cm³/mol. The van der Waals surface area contributed by atoms with E-state index in [-0.39, 0.29) is 12.1 Å². The van der Waals surface area contributed by atoms with Crippen LogP contribution in [0.4, 0.5) is 16.2 Å². The van der Waals surface area contributed by atoms with Gasteiger partial charge in [-0.25, -0.2) is 4.79 Å². The molecule has 0 spiro atoms. The number of hydrogen-bond donors (Lipinski definition) is 1. The molecule has 0 unspecified atom stereocenters. The fraction of sp³-hybridized carbons (Fsp3) is 0.588. The van der Waals surface area contributed by atoms with Gasteiger partial charge in [-0.2, -0.15) is 0 Å². The highest BCUT2D eigenvalue weighted by atomic mass is 16.6. The van der Waals surface area contributed by atoms with Gasteiger partial charge in [0.1, 0.15) is 30.3 Å². The van der Waals surface area contributed by atoms with Crippen molar-refractivity contribution in [2.24, 2.45) is 11.8 Å². The first-order valence-corrected chi connectivity index (χ1v) is 24.1. The standard InChI is InChI=1S/C28H40N4O4.C23H32N4O2/c1-28(2,3)36-27(33)32-12-5-7-24(32)21-35-26-16-25(18-30-19-26)31-13-8-22(9-14-31)10-15-34-20-23-6-4-11-29-17-23;1-3-20(14-24-8-1)17-28-12-7-19-5-10-27(11-6-19)22-13-23(16-25-15-22)29-18-21-4-2-9-26-21/h4,6,11,16-19,22,24H,5,7-10,12-15,20-21H2,1-3H3;1,3,8,13-16,19,21,26H,2,4-7,9-12,17-18H2/t24-;21-/m00/s1. The molecule has 4 saturated heterocycles. The van der Waals surface area contributed by atoms with Crippen molar-refractivity contribution in [3.8, 4) is 11.5 Å². The van der Waals surface area contributed by atoms with E-state index in [9.17, 15) is 4.79 Å². The lowest BCUT2D eigenvalue weighted by Gasteiger charge is -2.33. The van der Waals surface area contributed by atoms with Crippen LogP contribution >= 0.6 is 0 Å². The van der Waals surface area contributed by atoms with Crippen LogP contribution < -0.4 is 24.6 Å². The Morgan fingerprint density at radius 1 is 0.662 bits per heavy atom. The number of carbonyl (C=O) groups is 1. The van der Waals surface area contributed by atoms with E-state index in [4.69, 9.17) is 23.7 Å². The maximum atomic E-state index is 12.5. The molecule has 0 radical (unpaired) electrons. The summed E-state index contributed by atoms with van der Waals surface area (Å²) < 4.78 is 29.3. The molecule has 352 valence electrons. The summed E-state index contributed by atoms with van der Waals surface area (Å²) in [5.41, 5.74) is 4.03. The summed E-state index contributed by atoms with van der Waals surface area (Å²) in [5, 5.41) is 3.47. The number of piperidine rings is 2. The van der Waals surface area contributed by atoms with Crippen LogP contribution in [0.2, 0.25) is 0 Å². The van der Waals surface area contributed by atoms with E-state index in [1.54, 1.807) is 23.5 Å². The minimum absolute atomic E-state index is 0.0274. The molecule has 14 nitrogen and oxygen atoms in total. The van der Waals surface area contributed by atoms with Crippen molar-refractivity contribution in [1.82, 2.24) is 30.2 Å². The monoisotopic (exact) mass is 893 g/mol. The Hall–Kier alpha value is -5.05. The van der Waals surface area contributed by atoms with Gasteiger partial charge in [0, 0.05) is 88.9 Å². The van der Waals surface area contributed by atoms with Crippen molar-refractivity contribution >= 4 is 17.5 Å². The number of rotatable bonds is 18. The lowest BCUT2D eigenvalue weighted by molar-refractivity contribution is 0.0187. The number of nitrogens with one attached hydrogen (secondary N) is 1. The van der Waals surface area contributed by atoms with Gasteiger partial charge in [-0.3, -0.25) is 19.9 Å². The maximum absolute atomic E-state index is 12.5. The van der Waals surface area contributed by atoms with E-state index < -0.39 is 5.60 Å². The molecule has 0 aromatic carbocycles. The lowest BCUT2D eigenvalue weighted by Crippen LogP contribution is -2.42. The Morgan fingerprint density at radius 2 is 1.22 bits per heavy atom. The number of carbonyl (C=O) groups excluding carboxylic acids is 1. The van der Waals surface area contributed by atoms with Gasteiger partial charge in [-0.05, 0) is 127 Å². The van der Waals surface area contributed by atoms with Gasteiger partial charge in [0.05, 0.1) is 55.4 Å². The molecular formula is C51H72N8O6. The molecule has 0 bridgehead atoms. The minimum atomic E-state index is -0.496. The van der Waals surface area contributed by atoms with Crippen LogP contribution in [-0.4, -0.2) is 114 Å². The molecule has 4 aromatic rings. The highest BCUT2D eigenvalue weighted by Crippen LogP contribution is 2.30. The van der Waals surface area contributed by atoms with Gasteiger partial charge >= 0.3 is 6.09 Å². The second-order valence-corrected chi connectivity index (χ2v) is 18.9. The summed E-state index contributed by atoms with van der Waals surface area (Å²) in [7, 11) is 0. The number of anilines is 2. The van der Waals surface area contributed by atoms with Crippen LogP contribution in [0, 0.1) is 11.8 Å². The van der Waals surface area contributed by atoms with Crippen molar-refractivity contribution in [2.45, 2.75) is 116 Å². The number of amides is 1. The first-order valence-electron chi connectivity index (χ1n) is 24.1. The number of ether oxygens (including phenoxy) is 5. The SMILES string of the molecule is CC(C)(C)OC(=O)N1CCC[C@H]1COc1cncc(N2CCC(CCOCc3cccnc3)CC2)c1.c1cncc(COCCC2CCN(c3cncc(OC[C@@H]4CCCN4)c3)CC2)c1. The molecular weight excluding hydrogens is 821 g/mol. The Balaban J connectivity index is 0.000000198. The summed E-state index contributed by atoms with van der Waals surface area (Å²) in [6.07, 6.45) is 25.7. The molecule has 2 atom stereocenters. The molecule has 0 saturated carbocycles. The molecule has 8 rings (SSSR count). The van der Waals surface area contributed by atoms with Crippen LogP contribution in [0.25, 0.3) is 0 Å². The highest BCUT2D eigenvalue weighted by Gasteiger charge is 2.33. The van der Waals surface area contributed by atoms with E-state index in [0.29, 0.717) is 38.3 Å². The van der Waals surface area contributed by atoms with E-state index in [2.05, 4.69) is 53.3 Å². The zero-order chi connectivity index (χ0) is 45.1. The Morgan fingerprint density at radius 3 is 1.71 bits per heavy atom. The average Bonchev–Trinajstić information content (AvgIpc) is 4.05. The molecule has 1 N–H and O–H groups in total. The van der Waals surface area contributed by atoms with Gasteiger partial charge in [-0.15, -0.1) is 0 Å². The first kappa shape index (κ1) is 47.9. The van der Waals surface area contributed by atoms with Crippen LogP contribution in [-0.2, 0) is 27.4 Å². The predicted octanol–water partition coefficient (Wildman–Crippen LogP) is 8.51. The third-order valence-electron chi connectivity index (χ3n) is 12.7. The van der Waals surface area contributed by atoms with Gasteiger partial charge < -0.3 is 43.7 Å². The molecule has 8 heterocycles. The van der Waals surface area contributed by atoms with Gasteiger partial charge in [0.2, 0.25) is 0 Å². The number of likely N-dealkylation sites (tertiary alicyclic amines) is 1. The zero-order valence-corrected chi connectivity index (χ0v) is 39.0. The van der Waals surface area contributed by atoms with Crippen molar-refractivity contribution < 1.29 is 28.5 Å². The van der Waals surface area contributed by atoms with Crippen LogP contribution in [0.15, 0.2) is 86.0 Å². The van der Waals surface area contributed by atoms with Crippen LogP contribution in [0.3, 0.4) is 0 Å². The molecule has 4 aromatic heterocycles. The Labute approximate surface area is 386 Å². The summed E-state index contributed by atoms with van der Waals surface area (Å²) in [4.78, 5) is 36.2. The summed E-state index contributed by atoms with van der Waals surface area (Å²) in [6, 6.07) is 12.7. The van der Waals surface area contributed by atoms with Gasteiger partial charge in [0.15, 0.2) is 0 Å². The first-order chi connectivity index (χ1) is 31.7. The van der Waals surface area contributed by atoms with Crippen LogP contribution in [0.5, 0.6) is 11.5 Å². The van der Waals surface area contributed by atoms with Crippen LogP contribution in [0.1, 0.15) is 96.1 Å². The van der Waals surface area contributed by atoms with E-state index in [1.165, 1.54) is 31.4 Å². The van der Waals surface area contributed by atoms with E-state index in [1.807, 2.05) is 70.0 Å². The highest BCUT2D eigenvalue weighted by molar-refractivity contribution is 5.69. The number of nitrogens with zero attached hydrogens (tertiary/aromatic N) is 7. The summed E-state index contributed by atoms with van der Waals surface area (Å²) in [6.45, 7) is 15.7. The molecule has 14 heteroatoms. The molecule has 1 amide bonds. The second kappa shape index (κ2) is 25.0. The lowest BCUT2D eigenvalue weighted by atomic mass is 9.94. The smallest absolute Gasteiger partial charge is 0.410 e. The Bertz CT molecular complexity index is 1970. The summed E-state index contributed by atoms with van der Waals surface area (Å²) in [5.74, 6) is 3.04. The molecule has 65 heavy (non-hydrogen) atoms. The molecule has 4 aliphatic heterocycles. The Kier molecular flexibility index (Phi) is 18.4. The second-order valence-electron chi connectivity index (χ2n) is 18.9. The topological polar surface area (TPSA) is 137 Å². The van der Waals surface area contributed by atoms with Crippen molar-refractivity contribution in [3.63, 3.8) is 0 Å². The molecule has 4 aliphatic rings. The quantitative estimate of drug-likeness (QED) is 0.0958. The molecule has 4 fully saturated rings. The van der Waals surface area contributed by atoms with Gasteiger partial charge in [0.25, 0.3) is 0 Å². The zero-order valence-electron chi connectivity index (χ0n) is 39.0. The number of aromatic nitrogens is 4. The van der Waals surface area contributed by atoms with E-state index >= 15 is 0 Å². The third kappa shape index (κ3) is 16.1. The average molecular weight is 893 g/mol. The third-order valence-corrected chi connectivity index (χ3v) is 12.7. The van der Waals surface area contributed by atoms with Crippen molar-refractivity contribution in [1.29, 1.82) is 0 Å².